The Morgan fingerprint density at radius 3 is 2.80 bits per heavy atom. The molecule has 4 rings (SSSR count). The van der Waals surface area contributed by atoms with Crippen molar-refractivity contribution in [1.29, 1.82) is 5.26 Å². The van der Waals surface area contributed by atoms with E-state index in [4.69, 9.17) is 15.0 Å². The van der Waals surface area contributed by atoms with Crippen molar-refractivity contribution < 1.29 is 4.74 Å². The van der Waals surface area contributed by atoms with Crippen molar-refractivity contribution >= 4 is 22.2 Å². The average Bonchev–Trinajstić information content (AvgIpc) is 3.33. The summed E-state index contributed by atoms with van der Waals surface area (Å²) < 4.78 is 7.34. The zero-order valence-corrected chi connectivity index (χ0v) is 18.2. The molecule has 0 aliphatic carbocycles. The van der Waals surface area contributed by atoms with Crippen LogP contribution in [0.3, 0.4) is 0 Å². The van der Waals surface area contributed by atoms with Crippen LogP contribution in [0.15, 0.2) is 23.7 Å². The van der Waals surface area contributed by atoms with E-state index < -0.39 is 0 Å². The number of pyridine rings is 1. The first-order valence-electron chi connectivity index (χ1n) is 9.94. The average molecular weight is 424 g/mol. The van der Waals surface area contributed by atoms with Gasteiger partial charge in [0.25, 0.3) is 0 Å². The fraction of sp³-hybridized carbons (Fsp3) is 0.429. The molecule has 0 unspecified atom stereocenters. The van der Waals surface area contributed by atoms with Gasteiger partial charge in [-0.1, -0.05) is 0 Å². The van der Waals surface area contributed by atoms with Crippen LogP contribution in [0, 0.1) is 18.3 Å². The molecule has 1 aliphatic rings. The Bertz CT molecular complexity index is 1040. The van der Waals surface area contributed by atoms with Gasteiger partial charge in [0.05, 0.1) is 35.9 Å². The zero-order chi connectivity index (χ0) is 21.1. The molecule has 0 spiro atoms. The lowest BCUT2D eigenvalue weighted by Crippen LogP contribution is -2.32. The smallest absolute Gasteiger partial charge is 0.216 e. The van der Waals surface area contributed by atoms with Crippen molar-refractivity contribution in [2.24, 2.45) is 7.05 Å². The number of hydrogen-bond acceptors (Lipinski definition) is 8. The maximum absolute atomic E-state index is 8.85. The quantitative estimate of drug-likeness (QED) is 0.648. The predicted molar refractivity (Wildman–Crippen MR) is 116 cm³/mol. The molecule has 1 N–H and O–H groups in total. The van der Waals surface area contributed by atoms with Crippen molar-refractivity contribution in [2.75, 3.05) is 25.5 Å². The Hall–Kier alpha value is -2.96. The first-order chi connectivity index (χ1) is 14.6. The van der Waals surface area contributed by atoms with Crippen LogP contribution in [-0.4, -0.2) is 44.8 Å². The summed E-state index contributed by atoms with van der Waals surface area (Å²) in [6, 6.07) is 5.57. The van der Waals surface area contributed by atoms with Crippen molar-refractivity contribution in [1.82, 2.24) is 24.6 Å². The highest BCUT2D eigenvalue weighted by Gasteiger charge is 2.25. The molecule has 0 aromatic carbocycles. The summed E-state index contributed by atoms with van der Waals surface area (Å²) in [5.74, 6) is 1.33. The van der Waals surface area contributed by atoms with Crippen LogP contribution < -0.4 is 10.1 Å². The molecule has 9 heteroatoms. The number of methoxy groups -OCH3 is 1. The van der Waals surface area contributed by atoms with E-state index >= 15 is 0 Å². The molecule has 0 atom stereocenters. The highest BCUT2D eigenvalue weighted by Crippen LogP contribution is 2.33. The van der Waals surface area contributed by atoms with Crippen molar-refractivity contribution in [3.63, 3.8) is 0 Å². The number of piperidine rings is 1. The molecule has 1 fully saturated rings. The first kappa shape index (κ1) is 20.3. The topological polar surface area (TPSA) is 91.9 Å². The highest BCUT2D eigenvalue weighted by atomic mass is 32.1. The highest BCUT2D eigenvalue weighted by molar-refractivity contribution is 7.13. The van der Waals surface area contributed by atoms with Crippen LogP contribution >= 0.6 is 11.3 Å². The van der Waals surface area contributed by atoms with Gasteiger partial charge in [-0.25, -0.2) is 14.6 Å². The molecule has 30 heavy (non-hydrogen) atoms. The van der Waals surface area contributed by atoms with Crippen LogP contribution in [0.5, 0.6) is 5.88 Å². The van der Waals surface area contributed by atoms with Crippen LogP contribution in [0.4, 0.5) is 10.8 Å². The number of hydrogen-bond donors (Lipinski definition) is 1. The maximum atomic E-state index is 8.85. The van der Waals surface area contributed by atoms with Gasteiger partial charge in [-0.3, -0.25) is 4.90 Å². The van der Waals surface area contributed by atoms with Gasteiger partial charge >= 0.3 is 0 Å². The zero-order valence-electron chi connectivity index (χ0n) is 17.4. The second-order valence-corrected chi connectivity index (χ2v) is 8.35. The molecule has 0 bridgehead atoms. The minimum atomic E-state index is 0.409. The fourth-order valence-electron chi connectivity index (χ4n) is 3.92. The summed E-state index contributed by atoms with van der Waals surface area (Å²) >= 11 is 1.60. The molecule has 4 heterocycles. The standard InChI is InChI=1S/C21H25N7OS/c1-14-18(20(29-3)27(2)26-14)12-28-8-6-15(7-9-28)19-13-30-21(25-19)24-17-5-4-16(10-22)23-11-17/h4-5,11,13,15H,6-9,12H2,1-3H3,(H,24,25). The van der Waals surface area contributed by atoms with Gasteiger partial charge < -0.3 is 10.1 Å². The van der Waals surface area contributed by atoms with Gasteiger partial charge in [0.2, 0.25) is 5.88 Å². The van der Waals surface area contributed by atoms with E-state index in [-0.39, 0.29) is 0 Å². The van der Waals surface area contributed by atoms with Gasteiger partial charge in [-0.05, 0) is 45.0 Å². The molecule has 156 valence electrons. The Balaban J connectivity index is 1.34. The first-order valence-corrected chi connectivity index (χ1v) is 10.8. The second-order valence-electron chi connectivity index (χ2n) is 7.49. The lowest BCUT2D eigenvalue weighted by molar-refractivity contribution is 0.200. The monoisotopic (exact) mass is 423 g/mol. The third-order valence-corrected chi connectivity index (χ3v) is 6.30. The molecule has 3 aromatic heterocycles. The lowest BCUT2D eigenvalue weighted by atomic mass is 9.94. The number of anilines is 2. The number of likely N-dealkylation sites (tertiary alicyclic amines) is 1. The van der Waals surface area contributed by atoms with E-state index in [0.29, 0.717) is 11.6 Å². The van der Waals surface area contributed by atoms with E-state index in [0.717, 1.165) is 60.6 Å². The Kier molecular flexibility index (Phi) is 5.97. The van der Waals surface area contributed by atoms with E-state index in [1.165, 1.54) is 5.56 Å². The van der Waals surface area contributed by atoms with Crippen molar-refractivity contribution in [2.45, 2.75) is 32.2 Å². The number of nitrogens with zero attached hydrogens (tertiary/aromatic N) is 6. The molecular formula is C21H25N7OS. The summed E-state index contributed by atoms with van der Waals surface area (Å²) in [5.41, 5.74) is 4.61. The van der Waals surface area contributed by atoms with E-state index in [9.17, 15) is 0 Å². The Morgan fingerprint density at radius 2 is 2.13 bits per heavy atom. The predicted octanol–water partition coefficient (Wildman–Crippen LogP) is 3.58. The van der Waals surface area contributed by atoms with Crippen molar-refractivity contribution in [3.8, 4) is 11.9 Å². The molecule has 1 saturated heterocycles. The molecular weight excluding hydrogens is 398 g/mol. The van der Waals surface area contributed by atoms with Gasteiger partial charge in [-0.15, -0.1) is 11.3 Å². The van der Waals surface area contributed by atoms with Gasteiger partial charge in [0.15, 0.2) is 5.13 Å². The third kappa shape index (κ3) is 4.30. The number of aryl methyl sites for hydroxylation is 2. The van der Waals surface area contributed by atoms with E-state index in [1.807, 2.05) is 30.8 Å². The SMILES string of the molecule is COc1c(CN2CCC(c3csc(Nc4ccc(C#N)nc4)n3)CC2)c(C)nn1C. The minimum Gasteiger partial charge on any atom is -0.481 e. The number of rotatable bonds is 6. The Morgan fingerprint density at radius 1 is 1.33 bits per heavy atom. The second kappa shape index (κ2) is 8.81. The lowest BCUT2D eigenvalue weighted by Gasteiger charge is -2.31. The number of thiazole rings is 1. The van der Waals surface area contributed by atoms with Gasteiger partial charge in [0, 0.05) is 24.9 Å². The normalized spacial score (nSPS) is 15.1. The summed E-state index contributed by atoms with van der Waals surface area (Å²) in [5, 5.41) is 19.6. The Labute approximate surface area is 180 Å². The third-order valence-electron chi connectivity index (χ3n) is 5.52. The number of ether oxygens (including phenoxy) is 1. The molecule has 8 nitrogen and oxygen atoms in total. The minimum absolute atomic E-state index is 0.409. The molecule has 1 aliphatic heterocycles. The molecule has 3 aromatic rings. The summed E-state index contributed by atoms with van der Waals surface area (Å²) in [6.45, 7) is 4.97. The van der Waals surface area contributed by atoms with Gasteiger partial charge in [-0.2, -0.15) is 10.4 Å². The molecule has 0 amide bonds. The number of nitriles is 1. The summed E-state index contributed by atoms with van der Waals surface area (Å²) in [4.78, 5) is 11.3. The van der Waals surface area contributed by atoms with Crippen LogP contribution in [0.1, 0.15) is 41.4 Å². The van der Waals surface area contributed by atoms with Crippen LogP contribution in [-0.2, 0) is 13.6 Å². The summed E-state index contributed by atoms with van der Waals surface area (Å²) in [7, 11) is 3.62. The largest absolute Gasteiger partial charge is 0.481 e. The maximum Gasteiger partial charge on any atom is 0.216 e. The van der Waals surface area contributed by atoms with E-state index in [2.05, 4.69) is 25.7 Å². The fourth-order valence-corrected chi connectivity index (χ4v) is 4.73. The number of aromatic nitrogens is 4. The molecule has 0 saturated carbocycles. The van der Waals surface area contributed by atoms with Crippen molar-refractivity contribution in [3.05, 3.63) is 46.4 Å². The summed E-state index contributed by atoms with van der Waals surface area (Å²) in [6.07, 6.45) is 3.83. The number of nitrogens with one attached hydrogen (secondary N) is 1. The van der Waals surface area contributed by atoms with Crippen LogP contribution in [0.2, 0.25) is 0 Å². The van der Waals surface area contributed by atoms with Crippen LogP contribution in [0.25, 0.3) is 0 Å². The van der Waals surface area contributed by atoms with Gasteiger partial charge in [0.1, 0.15) is 11.8 Å². The van der Waals surface area contributed by atoms with E-state index in [1.54, 1.807) is 30.7 Å². The molecule has 0 radical (unpaired) electrons.